The van der Waals surface area contributed by atoms with Crippen molar-refractivity contribution in [3.05, 3.63) is 23.9 Å². The lowest BCUT2D eigenvalue weighted by Gasteiger charge is -2.22. The molecule has 4 nitrogen and oxygen atoms in total. The monoisotopic (exact) mass is 264 g/mol. The number of ether oxygens (including phenoxy) is 2. The molecule has 1 atom stereocenters. The SMILES string of the molecule is CCCNc1ccc(COCC2CCCCO2)cn1. The topological polar surface area (TPSA) is 43.4 Å². The minimum Gasteiger partial charge on any atom is -0.376 e. The molecule has 0 bridgehead atoms. The maximum atomic E-state index is 5.69. The molecule has 2 rings (SSSR count). The van der Waals surface area contributed by atoms with Gasteiger partial charge in [-0.05, 0) is 37.3 Å². The van der Waals surface area contributed by atoms with Crippen LogP contribution in [0, 0.1) is 0 Å². The lowest BCUT2D eigenvalue weighted by Crippen LogP contribution is -2.24. The van der Waals surface area contributed by atoms with Crippen molar-refractivity contribution in [2.24, 2.45) is 0 Å². The van der Waals surface area contributed by atoms with Crippen LogP contribution in [0.4, 0.5) is 5.82 Å². The molecule has 1 aromatic rings. The number of nitrogens with zero attached hydrogens (tertiary/aromatic N) is 1. The zero-order valence-corrected chi connectivity index (χ0v) is 11.7. The average molecular weight is 264 g/mol. The van der Waals surface area contributed by atoms with Crippen LogP contribution in [0.15, 0.2) is 18.3 Å². The van der Waals surface area contributed by atoms with Crippen molar-refractivity contribution in [2.75, 3.05) is 25.1 Å². The van der Waals surface area contributed by atoms with Crippen molar-refractivity contribution in [3.8, 4) is 0 Å². The summed E-state index contributed by atoms with van der Waals surface area (Å²) in [5.41, 5.74) is 1.11. The first-order valence-corrected chi connectivity index (χ1v) is 7.26. The molecule has 0 radical (unpaired) electrons. The van der Waals surface area contributed by atoms with E-state index in [0.717, 1.165) is 37.4 Å². The molecule has 0 amide bonds. The van der Waals surface area contributed by atoms with E-state index in [0.29, 0.717) is 13.2 Å². The number of hydrogen-bond donors (Lipinski definition) is 1. The molecule has 1 unspecified atom stereocenters. The van der Waals surface area contributed by atoms with Gasteiger partial charge in [-0.3, -0.25) is 0 Å². The van der Waals surface area contributed by atoms with Crippen LogP contribution in [0.3, 0.4) is 0 Å². The lowest BCUT2D eigenvalue weighted by atomic mass is 10.1. The Balaban J connectivity index is 1.67. The molecule has 1 aliphatic heterocycles. The molecular formula is C15H24N2O2. The largest absolute Gasteiger partial charge is 0.376 e. The predicted molar refractivity (Wildman–Crippen MR) is 76.3 cm³/mol. The van der Waals surface area contributed by atoms with Gasteiger partial charge in [0.05, 0.1) is 19.3 Å². The molecule has 1 N–H and O–H groups in total. The predicted octanol–water partition coefficient (Wildman–Crippen LogP) is 2.99. The second kappa shape index (κ2) is 8.12. The molecule has 0 spiro atoms. The highest BCUT2D eigenvalue weighted by molar-refractivity contribution is 5.35. The van der Waals surface area contributed by atoms with Crippen molar-refractivity contribution in [3.63, 3.8) is 0 Å². The van der Waals surface area contributed by atoms with E-state index in [4.69, 9.17) is 9.47 Å². The van der Waals surface area contributed by atoms with Gasteiger partial charge in [-0.2, -0.15) is 0 Å². The molecule has 1 aliphatic rings. The Morgan fingerprint density at radius 1 is 1.42 bits per heavy atom. The Labute approximate surface area is 115 Å². The van der Waals surface area contributed by atoms with Gasteiger partial charge in [0.15, 0.2) is 0 Å². The van der Waals surface area contributed by atoms with Crippen LogP contribution in [0.2, 0.25) is 0 Å². The summed E-state index contributed by atoms with van der Waals surface area (Å²) < 4.78 is 11.3. The molecule has 106 valence electrons. The summed E-state index contributed by atoms with van der Waals surface area (Å²) in [4.78, 5) is 4.36. The first-order chi connectivity index (χ1) is 9.38. The van der Waals surface area contributed by atoms with E-state index in [2.05, 4.69) is 23.3 Å². The summed E-state index contributed by atoms with van der Waals surface area (Å²) >= 11 is 0. The van der Waals surface area contributed by atoms with Crippen molar-refractivity contribution in [1.82, 2.24) is 4.98 Å². The van der Waals surface area contributed by atoms with Gasteiger partial charge >= 0.3 is 0 Å². The smallest absolute Gasteiger partial charge is 0.125 e. The minimum absolute atomic E-state index is 0.284. The van der Waals surface area contributed by atoms with Crippen LogP contribution in [0.5, 0.6) is 0 Å². The maximum Gasteiger partial charge on any atom is 0.125 e. The van der Waals surface area contributed by atoms with Gasteiger partial charge in [0, 0.05) is 19.3 Å². The van der Waals surface area contributed by atoms with Crippen molar-refractivity contribution in [1.29, 1.82) is 0 Å². The summed E-state index contributed by atoms with van der Waals surface area (Å²) in [6.45, 7) is 5.29. The maximum absolute atomic E-state index is 5.69. The summed E-state index contributed by atoms with van der Waals surface area (Å²) in [5.74, 6) is 0.932. The normalized spacial score (nSPS) is 19.3. The molecule has 0 saturated carbocycles. The zero-order valence-electron chi connectivity index (χ0n) is 11.7. The van der Waals surface area contributed by atoms with Gasteiger partial charge in [0.2, 0.25) is 0 Å². The lowest BCUT2D eigenvalue weighted by molar-refractivity contribution is -0.0448. The standard InChI is InChI=1S/C15H24N2O2/c1-2-8-16-15-7-6-13(10-17-15)11-18-12-14-5-3-4-9-19-14/h6-7,10,14H,2-5,8-9,11-12H2,1H3,(H,16,17). The molecule has 1 saturated heterocycles. The van der Waals surface area contributed by atoms with E-state index in [-0.39, 0.29) is 6.10 Å². The Bertz CT molecular complexity index is 348. The number of rotatable bonds is 7. The van der Waals surface area contributed by atoms with E-state index in [1.54, 1.807) is 0 Å². The second-order valence-corrected chi connectivity index (χ2v) is 4.98. The fourth-order valence-electron chi connectivity index (χ4n) is 2.11. The molecule has 1 fully saturated rings. The molecule has 1 aromatic heterocycles. The number of nitrogens with one attached hydrogen (secondary N) is 1. The van der Waals surface area contributed by atoms with Crippen LogP contribution in [-0.4, -0.2) is 30.8 Å². The Morgan fingerprint density at radius 3 is 3.05 bits per heavy atom. The van der Waals surface area contributed by atoms with Gasteiger partial charge in [0.1, 0.15) is 5.82 Å². The van der Waals surface area contributed by atoms with Crippen molar-refractivity contribution in [2.45, 2.75) is 45.3 Å². The highest BCUT2D eigenvalue weighted by Gasteiger charge is 2.13. The zero-order chi connectivity index (χ0) is 13.3. The second-order valence-electron chi connectivity index (χ2n) is 4.98. The molecular weight excluding hydrogens is 240 g/mol. The van der Waals surface area contributed by atoms with E-state index in [9.17, 15) is 0 Å². The van der Waals surface area contributed by atoms with Crippen LogP contribution >= 0.6 is 0 Å². The Kier molecular flexibility index (Phi) is 6.11. The van der Waals surface area contributed by atoms with Crippen LogP contribution in [-0.2, 0) is 16.1 Å². The fourth-order valence-corrected chi connectivity index (χ4v) is 2.11. The molecule has 2 heterocycles. The van der Waals surface area contributed by atoms with E-state index >= 15 is 0 Å². The number of aromatic nitrogens is 1. The van der Waals surface area contributed by atoms with Crippen LogP contribution < -0.4 is 5.32 Å². The quantitative estimate of drug-likeness (QED) is 0.822. The van der Waals surface area contributed by atoms with Crippen molar-refractivity contribution < 1.29 is 9.47 Å². The molecule has 0 aromatic carbocycles. The fraction of sp³-hybridized carbons (Fsp3) is 0.667. The van der Waals surface area contributed by atoms with Crippen LogP contribution in [0.1, 0.15) is 38.2 Å². The number of anilines is 1. The molecule has 4 heteroatoms. The van der Waals surface area contributed by atoms with E-state index in [1.807, 2.05) is 12.3 Å². The average Bonchev–Trinajstić information content (AvgIpc) is 2.47. The van der Waals surface area contributed by atoms with Gasteiger partial charge in [-0.15, -0.1) is 0 Å². The van der Waals surface area contributed by atoms with Crippen LogP contribution in [0.25, 0.3) is 0 Å². The third kappa shape index (κ3) is 5.17. The first-order valence-electron chi connectivity index (χ1n) is 7.26. The summed E-state index contributed by atoms with van der Waals surface area (Å²) in [6.07, 6.45) is 6.83. The van der Waals surface area contributed by atoms with Crippen molar-refractivity contribution >= 4 is 5.82 Å². The summed E-state index contributed by atoms with van der Waals surface area (Å²) in [6, 6.07) is 4.07. The van der Waals surface area contributed by atoms with E-state index < -0.39 is 0 Å². The number of pyridine rings is 1. The highest BCUT2D eigenvalue weighted by atomic mass is 16.5. The van der Waals surface area contributed by atoms with Gasteiger partial charge in [-0.1, -0.05) is 13.0 Å². The minimum atomic E-state index is 0.284. The number of hydrogen-bond acceptors (Lipinski definition) is 4. The Hall–Kier alpha value is -1.13. The Morgan fingerprint density at radius 2 is 2.37 bits per heavy atom. The summed E-state index contributed by atoms with van der Waals surface area (Å²) in [5, 5.41) is 3.26. The van der Waals surface area contributed by atoms with Gasteiger partial charge < -0.3 is 14.8 Å². The van der Waals surface area contributed by atoms with Gasteiger partial charge in [-0.25, -0.2) is 4.98 Å². The molecule has 0 aliphatic carbocycles. The first kappa shape index (κ1) is 14.3. The molecule has 19 heavy (non-hydrogen) atoms. The highest BCUT2D eigenvalue weighted by Crippen LogP contribution is 2.13. The van der Waals surface area contributed by atoms with Gasteiger partial charge in [0.25, 0.3) is 0 Å². The van der Waals surface area contributed by atoms with E-state index in [1.165, 1.54) is 12.8 Å². The third-order valence-corrected chi connectivity index (χ3v) is 3.23. The third-order valence-electron chi connectivity index (χ3n) is 3.23. The summed E-state index contributed by atoms with van der Waals surface area (Å²) in [7, 11) is 0.